The Hall–Kier alpha value is -4.43. The Bertz CT molecular complexity index is 1480. The van der Waals surface area contributed by atoms with Gasteiger partial charge in [-0.05, 0) is 49.9 Å². The Morgan fingerprint density at radius 3 is 2.73 bits per heavy atom. The van der Waals surface area contributed by atoms with Crippen LogP contribution in [0.5, 0.6) is 17.2 Å². The summed E-state index contributed by atoms with van der Waals surface area (Å²) in [5.41, 5.74) is 0.195. The lowest BCUT2D eigenvalue weighted by Gasteiger charge is -2.46. The van der Waals surface area contributed by atoms with Crippen molar-refractivity contribution in [1.82, 2.24) is 20.5 Å². The van der Waals surface area contributed by atoms with Gasteiger partial charge < -0.3 is 30.1 Å². The fraction of sp³-hybridized carbons (Fsp3) is 0.323. The van der Waals surface area contributed by atoms with Gasteiger partial charge in [0.15, 0.2) is 5.60 Å². The van der Waals surface area contributed by atoms with E-state index in [1.807, 2.05) is 37.3 Å². The van der Waals surface area contributed by atoms with Gasteiger partial charge in [0, 0.05) is 38.0 Å². The van der Waals surface area contributed by atoms with Crippen molar-refractivity contribution < 1.29 is 24.2 Å². The molecule has 3 aromatic rings. The second-order valence-corrected chi connectivity index (χ2v) is 10.1. The minimum atomic E-state index is -1.08. The van der Waals surface area contributed by atoms with E-state index < -0.39 is 17.6 Å². The minimum Gasteiger partial charge on any atom is -0.489 e. The van der Waals surface area contributed by atoms with Crippen LogP contribution in [0.15, 0.2) is 66.9 Å². The molecule has 2 aromatic carbocycles. The fourth-order valence-electron chi connectivity index (χ4n) is 4.73. The average molecular weight is 556 g/mol. The maximum Gasteiger partial charge on any atom is 0.270 e. The van der Waals surface area contributed by atoms with Crippen LogP contribution in [0.25, 0.3) is 0 Å². The second-order valence-electron chi connectivity index (χ2n) is 10.1. The number of carbonyl (C=O) groups excluding carboxylic acids is 2. The van der Waals surface area contributed by atoms with Crippen LogP contribution in [-0.4, -0.2) is 77.9 Å². The molecule has 2 atom stereocenters. The molecule has 3 heterocycles. The molecule has 1 fully saturated rings. The van der Waals surface area contributed by atoms with Crippen molar-refractivity contribution in [2.75, 3.05) is 38.2 Å². The van der Waals surface area contributed by atoms with E-state index in [4.69, 9.17) is 9.47 Å². The van der Waals surface area contributed by atoms with Crippen LogP contribution in [0, 0.1) is 11.8 Å². The number of likely N-dealkylation sites (N-methyl/N-ethyl adjacent to an activating group) is 1. The minimum absolute atomic E-state index is 0.0489. The summed E-state index contributed by atoms with van der Waals surface area (Å²) in [7, 11) is 1.62. The van der Waals surface area contributed by atoms with Gasteiger partial charge in [0.2, 0.25) is 0 Å². The first kappa shape index (κ1) is 28.1. The number of anilines is 1. The number of fused-ring (bicyclic) bond motifs is 1. The molecular weight excluding hydrogens is 522 g/mol. The zero-order valence-corrected chi connectivity index (χ0v) is 23.3. The topological polar surface area (TPSA) is 116 Å². The molecule has 2 aliphatic rings. The number of nitrogens with one attached hydrogen (secondary N) is 2. The van der Waals surface area contributed by atoms with Gasteiger partial charge in [-0.3, -0.25) is 19.5 Å². The van der Waals surface area contributed by atoms with Crippen molar-refractivity contribution in [3.63, 3.8) is 0 Å². The van der Waals surface area contributed by atoms with Crippen LogP contribution in [0.4, 0.5) is 5.69 Å². The third-order valence-electron chi connectivity index (χ3n) is 7.02. The molecule has 0 spiro atoms. The average Bonchev–Trinajstić information content (AvgIpc) is 3.07. The highest BCUT2D eigenvalue weighted by Gasteiger charge is 2.41. The summed E-state index contributed by atoms with van der Waals surface area (Å²) < 4.78 is 11.7. The highest BCUT2D eigenvalue weighted by atomic mass is 16.5. The first-order chi connectivity index (χ1) is 19.7. The number of pyridine rings is 1. The van der Waals surface area contributed by atoms with Crippen LogP contribution in [0.2, 0.25) is 0 Å². The summed E-state index contributed by atoms with van der Waals surface area (Å²) in [5, 5.41) is 16.8. The molecule has 41 heavy (non-hydrogen) atoms. The number of hydrogen-bond donors (Lipinski definition) is 3. The van der Waals surface area contributed by atoms with Gasteiger partial charge in [0.1, 0.15) is 35.6 Å². The Morgan fingerprint density at radius 2 is 1.98 bits per heavy atom. The number of amides is 2. The lowest BCUT2D eigenvalue weighted by molar-refractivity contribution is -0.120. The predicted molar refractivity (Wildman–Crippen MR) is 154 cm³/mol. The van der Waals surface area contributed by atoms with E-state index in [0.717, 1.165) is 6.54 Å². The number of hydrogen-bond acceptors (Lipinski definition) is 8. The highest BCUT2D eigenvalue weighted by molar-refractivity contribution is 6.03. The van der Waals surface area contributed by atoms with Crippen LogP contribution in [0.3, 0.4) is 0 Å². The first-order valence-corrected chi connectivity index (χ1v) is 13.5. The van der Waals surface area contributed by atoms with E-state index in [1.54, 1.807) is 31.3 Å². The van der Waals surface area contributed by atoms with Crippen molar-refractivity contribution in [1.29, 1.82) is 0 Å². The monoisotopic (exact) mass is 555 g/mol. The van der Waals surface area contributed by atoms with Crippen molar-refractivity contribution in [3.8, 4) is 29.1 Å². The lowest BCUT2D eigenvalue weighted by atomic mass is 9.94. The predicted octanol–water partition coefficient (Wildman–Crippen LogP) is 2.38. The number of ether oxygens (including phenoxy) is 2. The second kappa shape index (κ2) is 12.0. The summed E-state index contributed by atoms with van der Waals surface area (Å²) in [4.78, 5) is 34.0. The number of benzene rings is 2. The largest absolute Gasteiger partial charge is 0.489 e. The number of rotatable bonds is 7. The van der Waals surface area contributed by atoms with Gasteiger partial charge in [-0.1, -0.05) is 37.0 Å². The smallest absolute Gasteiger partial charge is 0.270 e. The molecule has 2 amide bonds. The van der Waals surface area contributed by atoms with E-state index in [-0.39, 0.29) is 24.4 Å². The zero-order valence-electron chi connectivity index (χ0n) is 23.3. The standard InChI is InChI=1S/C31H33N5O5/c1-4-32-21(2)36-19-31(39,20-36)14-12-22-10-11-28-27(16-22)35(3)30(38)26(18-40-28)34-29(37)25-17-24(13-15-33-25)41-23-8-6-5-7-9-23/h5-11,13,15-17,21,26,32,39H,4,18-20H2,1-3H3,(H,34,37)/t21?,26-/m0/s1. The molecule has 2 aliphatic heterocycles. The molecule has 0 bridgehead atoms. The van der Waals surface area contributed by atoms with E-state index in [1.165, 1.54) is 17.2 Å². The molecule has 212 valence electrons. The van der Waals surface area contributed by atoms with Crippen LogP contribution in [-0.2, 0) is 4.79 Å². The lowest BCUT2D eigenvalue weighted by Crippen LogP contribution is -2.66. The van der Waals surface area contributed by atoms with E-state index >= 15 is 0 Å². The summed E-state index contributed by atoms with van der Waals surface area (Å²) >= 11 is 0. The van der Waals surface area contributed by atoms with Gasteiger partial charge in [-0.2, -0.15) is 0 Å². The number of nitrogens with zero attached hydrogens (tertiary/aromatic N) is 3. The molecule has 0 saturated carbocycles. The number of aliphatic hydroxyl groups is 1. The number of β-amino-alcohol motifs (C(OH)–C–C–N with tert-alkyl or cyclic N) is 1. The Labute approximate surface area is 239 Å². The van der Waals surface area contributed by atoms with E-state index in [9.17, 15) is 14.7 Å². The van der Waals surface area contributed by atoms with Crippen molar-refractivity contribution in [3.05, 3.63) is 78.1 Å². The molecule has 1 unspecified atom stereocenters. The maximum absolute atomic E-state index is 13.3. The molecule has 10 heteroatoms. The maximum atomic E-state index is 13.3. The third-order valence-corrected chi connectivity index (χ3v) is 7.02. The Kier molecular flexibility index (Phi) is 8.21. The third kappa shape index (κ3) is 6.49. The summed E-state index contributed by atoms with van der Waals surface area (Å²) in [6.07, 6.45) is 1.64. The molecule has 1 saturated heterocycles. The van der Waals surface area contributed by atoms with Gasteiger partial charge >= 0.3 is 0 Å². The van der Waals surface area contributed by atoms with Gasteiger partial charge in [-0.25, -0.2) is 0 Å². The van der Waals surface area contributed by atoms with Crippen LogP contribution >= 0.6 is 0 Å². The van der Waals surface area contributed by atoms with Crippen molar-refractivity contribution in [2.45, 2.75) is 31.7 Å². The van der Waals surface area contributed by atoms with E-state index in [0.29, 0.717) is 41.6 Å². The van der Waals surface area contributed by atoms with E-state index in [2.05, 4.69) is 39.3 Å². The van der Waals surface area contributed by atoms with Crippen LogP contribution < -0.4 is 25.0 Å². The number of carbonyl (C=O) groups is 2. The van der Waals surface area contributed by atoms with Crippen molar-refractivity contribution >= 4 is 17.5 Å². The van der Waals surface area contributed by atoms with Gasteiger partial charge in [0.05, 0.1) is 11.9 Å². The highest BCUT2D eigenvalue weighted by Crippen LogP contribution is 2.32. The quantitative estimate of drug-likeness (QED) is 0.381. The number of aromatic nitrogens is 1. The SMILES string of the molecule is CCNC(C)N1CC(O)(C#Cc2ccc3c(c2)N(C)C(=O)[C@@H](NC(=O)c2cc(Oc4ccccc4)ccn2)CO3)C1. The fourth-order valence-corrected chi connectivity index (χ4v) is 4.73. The van der Waals surface area contributed by atoms with Crippen molar-refractivity contribution in [2.24, 2.45) is 0 Å². The molecule has 0 aliphatic carbocycles. The van der Waals surface area contributed by atoms with Gasteiger partial charge in [-0.15, -0.1) is 0 Å². The summed E-state index contributed by atoms with van der Waals surface area (Å²) in [6.45, 7) is 5.81. The number of para-hydroxylation sites is 1. The molecule has 3 N–H and O–H groups in total. The molecule has 1 aromatic heterocycles. The molecule has 5 rings (SSSR count). The van der Waals surface area contributed by atoms with Crippen LogP contribution in [0.1, 0.15) is 29.9 Å². The Balaban J connectivity index is 1.24. The number of likely N-dealkylation sites (tertiary alicyclic amines) is 1. The first-order valence-electron chi connectivity index (χ1n) is 13.5. The normalized spacial score (nSPS) is 18.5. The Morgan fingerprint density at radius 1 is 1.20 bits per heavy atom. The van der Waals surface area contributed by atoms with Gasteiger partial charge in [0.25, 0.3) is 11.8 Å². The molecule has 0 radical (unpaired) electrons. The summed E-state index contributed by atoms with van der Waals surface area (Å²) in [6, 6.07) is 16.7. The molecular formula is C31H33N5O5. The molecule has 10 nitrogen and oxygen atoms in total. The summed E-state index contributed by atoms with van der Waals surface area (Å²) in [5.74, 6) is 6.72. The zero-order chi connectivity index (χ0) is 29.0.